The minimum atomic E-state index is -0.123. The molecule has 2 bridgehead atoms. The highest BCUT2D eigenvalue weighted by Crippen LogP contribution is 2.64. The summed E-state index contributed by atoms with van der Waals surface area (Å²) >= 11 is 0. The Bertz CT molecular complexity index is 1430. The van der Waals surface area contributed by atoms with Crippen LogP contribution in [0.1, 0.15) is 42.3 Å². The quantitative estimate of drug-likeness (QED) is 0.408. The van der Waals surface area contributed by atoms with E-state index in [1.165, 1.54) is 40.8 Å². The van der Waals surface area contributed by atoms with Gasteiger partial charge in [0.25, 0.3) is 0 Å². The lowest BCUT2D eigenvalue weighted by atomic mass is 9.67. The summed E-state index contributed by atoms with van der Waals surface area (Å²) in [5, 5.41) is 17.7. The molecular weight excluding hydrogens is 414 g/mol. The van der Waals surface area contributed by atoms with Crippen LogP contribution in [-0.2, 0) is 0 Å². The summed E-state index contributed by atoms with van der Waals surface area (Å²) in [7, 11) is 3.52. The third kappa shape index (κ3) is 2.49. The number of amides is 1. The molecule has 2 aromatic carbocycles. The van der Waals surface area contributed by atoms with Crippen LogP contribution in [0.3, 0.4) is 0 Å². The average Bonchev–Trinajstić information content (AvgIpc) is 3.61. The number of anilines is 2. The van der Waals surface area contributed by atoms with Crippen LogP contribution in [0.5, 0.6) is 0 Å². The first kappa shape index (κ1) is 19.0. The number of fused-ring (bicyclic) bond motifs is 10. The third-order valence-electron chi connectivity index (χ3n) is 8.34. The summed E-state index contributed by atoms with van der Waals surface area (Å²) in [5.41, 5.74) is 11.8. The number of nitrogen functional groups attached to an aromatic ring is 1. The Balaban J connectivity index is 1.40. The zero-order valence-corrected chi connectivity index (χ0v) is 18.7. The molecule has 1 aliphatic heterocycles. The number of aromatic amines is 1. The zero-order valence-electron chi connectivity index (χ0n) is 18.7. The van der Waals surface area contributed by atoms with E-state index < -0.39 is 0 Å². The van der Waals surface area contributed by atoms with Crippen LogP contribution >= 0.6 is 0 Å². The molecule has 2 fully saturated rings. The van der Waals surface area contributed by atoms with Crippen molar-refractivity contribution < 1.29 is 4.79 Å². The monoisotopic (exact) mass is 441 g/mol. The first-order valence-electron chi connectivity index (χ1n) is 11.7. The maximum absolute atomic E-state index is 12.7. The van der Waals surface area contributed by atoms with Gasteiger partial charge in [-0.3, -0.25) is 5.10 Å². The molecule has 33 heavy (non-hydrogen) atoms. The van der Waals surface area contributed by atoms with Crippen molar-refractivity contribution in [2.75, 3.05) is 25.1 Å². The molecule has 2 aromatic heterocycles. The number of nitrogens with zero attached hydrogens (tertiary/aromatic N) is 4. The Kier molecular flexibility index (Phi) is 3.73. The summed E-state index contributed by atoms with van der Waals surface area (Å²) in [5.74, 6) is 2.92. The number of benzene rings is 2. The van der Waals surface area contributed by atoms with Gasteiger partial charge in [0.05, 0.1) is 23.3 Å². The van der Waals surface area contributed by atoms with Crippen LogP contribution in [0.15, 0.2) is 36.5 Å². The molecular formula is C25H27N7O. The van der Waals surface area contributed by atoms with Gasteiger partial charge >= 0.3 is 6.03 Å². The number of nitrogens with two attached hydrogens (primary N) is 1. The SMILES string of the molecule is CN(C)C(=O)n1ncc2c3c(ccc21)N[C@@H](c1ccc2[nH]nc(N)c2c1)[C@@H]1C2CCC(C2)[C@H]31. The van der Waals surface area contributed by atoms with E-state index in [1.54, 1.807) is 19.0 Å². The molecule has 168 valence electrons. The second kappa shape index (κ2) is 6.50. The molecule has 3 aliphatic rings. The highest BCUT2D eigenvalue weighted by Gasteiger charge is 2.54. The Hall–Kier alpha value is -3.55. The molecule has 4 aromatic rings. The summed E-state index contributed by atoms with van der Waals surface area (Å²) in [6.07, 6.45) is 5.75. The smallest absolute Gasteiger partial charge is 0.344 e. The van der Waals surface area contributed by atoms with E-state index in [0.29, 0.717) is 29.5 Å². The normalized spacial score (nSPS) is 27.5. The van der Waals surface area contributed by atoms with Crippen molar-refractivity contribution >= 4 is 39.3 Å². The molecule has 0 spiro atoms. The summed E-state index contributed by atoms with van der Waals surface area (Å²) in [6.45, 7) is 0. The number of rotatable bonds is 1. The molecule has 2 aliphatic carbocycles. The van der Waals surface area contributed by atoms with Crippen molar-refractivity contribution in [3.63, 3.8) is 0 Å². The molecule has 8 heteroatoms. The summed E-state index contributed by atoms with van der Waals surface area (Å²) < 4.78 is 1.53. The van der Waals surface area contributed by atoms with E-state index >= 15 is 0 Å². The largest absolute Gasteiger partial charge is 0.382 e. The van der Waals surface area contributed by atoms with Gasteiger partial charge in [0, 0.05) is 30.6 Å². The van der Waals surface area contributed by atoms with Gasteiger partial charge in [-0.15, -0.1) is 0 Å². The van der Waals surface area contributed by atoms with Crippen LogP contribution < -0.4 is 11.1 Å². The Morgan fingerprint density at radius 2 is 2.00 bits per heavy atom. The molecule has 0 saturated heterocycles. The zero-order chi connectivity index (χ0) is 22.4. The molecule has 7 rings (SSSR count). The number of nitrogens with one attached hydrogen (secondary N) is 2. The second-order valence-corrected chi connectivity index (χ2v) is 10.2. The lowest BCUT2D eigenvalue weighted by molar-refractivity contribution is 0.217. The van der Waals surface area contributed by atoms with E-state index in [9.17, 15) is 4.79 Å². The van der Waals surface area contributed by atoms with E-state index in [4.69, 9.17) is 5.73 Å². The van der Waals surface area contributed by atoms with Crippen molar-refractivity contribution in [3.05, 3.63) is 47.7 Å². The average molecular weight is 442 g/mol. The van der Waals surface area contributed by atoms with Crippen molar-refractivity contribution in [2.45, 2.75) is 31.2 Å². The fourth-order valence-electron chi connectivity index (χ4n) is 7.01. The lowest BCUT2D eigenvalue weighted by Crippen LogP contribution is -2.35. The predicted octanol–water partition coefficient (Wildman–Crippen LogP) is 4.32. The van der Waals surface area contributed by atoms with Gasteiger partial charge in [0.15, 0.2) is 5.82 Å². The molecule has 5 atom stereocenters. The van der Waals surface area contributed by atoms with E-state index in [2.05, 4.69) is 44.9 Å². The van der Waals surface area contributed by atoms with Crippen LogP contribution in [0.2, 0.25) is 0 Å². The van der Waals surface area contributed by atoms with E-state index in [1.807, 2.05) is 12.3 Å². The lowest BCUT2D eigenvalue weighted by Gasteiger charge is -2.43. The van der Waals surface area contributed by atoms with Crippen molar-refractivity contribution in [3.8, 4) is 0 Å². The highest BCUT2D eigenvalue weighted by atomic mass is 16.2. The number of aromatic nitrogens is 4. The van der Waals surface area contributed by atoms with Crippen molar-refractivity contribution in [1.82, 2.24) is 24.9 Å². The number of hydrogen-bond acceptors (Lipinski definition) is 5. The summed E-state index contributed by atoms with van der Waals surface area (Å²) in [4.78, 5) is 14.3. The van der Waals surface area contributed by atoms with Gasteiger partial charge in [-0.25, -0.2) is 4.79 Å². The fraction of sp³-hybridized carbons (Fsp3) is 0.400. The second-order valence-electron chi connectivity index (χ2n) is 10.2. The number of carbonyl (C=O) groups is 1. The maximum Gasteiger partial charge on any atom is 0.344 e. The first-order valence-corrected chi connectivity index (χ1v) is 11.7. The third-order valence-corrected chi connectivity index (χ3v) is 8.34. The molecule has 2 unspecified atom stereocenters. The van der Waals surface area contributed by atoms with E-state index in [-0.39, 0.29) is 12.1 Å². The van der Waals surface area contributed by atoms with Gasteiger partial charge in [-0.05, 0) is 78.3 Å². The maximum atomic E-state index is 12.7. The highest BCUT2D eigenvalue weighted by molar-refractivity contribution is 5.95. The number of hydrogen-bond donors (Lipinski definition) is 3. The molecule has 3 heterocycles. The molecule has 4 N–H and O–H groups in total. The Morgan fingerprint density at radius 3 is 2.85 bits per heavy atom. The molecule has 0 radical (unpaired) electrons. The minimum Gasteiger partial charge on any atom is -0.382 e. The van der Waals surface area contributed by atoms with Gasteiger partial charge < -0.3 is 16.0 Å². The molecule has 8 nitrogen and oxygen atoms in total. The summed E-state index contributed by atoms with van der Waals surface area (Å²) in [6, 6.07) is 10.8. The Labute approximate surface area is 191 Å². The standard InChI is InChI=1S/C25H27N7O/c1-31(2)25(33)32-19-8-7-18-22(16(19)11-27-32)20-12-3-4-13(9-12)21(20)23(28-18)14-5-6-17-15(10-14)24(26)30-29-17/h5-8,10-13,20-21,23,28H,3-4,9H2,1-2H3,(H3,26,29,30)/t12?,13?,20-,21+,23-/m0/s1. The first-order chi connectivity index (χ1) is 16.0. The van der Waals surface area contributed by atoms with Crippen LogP contribution in [0.25, 0.3) is 21.8 Å². The van der Waals surface area contributed by atoms with Crippen LogP contribution in [0, 0.1) is 17.8 Å². The van der Waals surface area contributed by atoms with Crippen LogP contribution in [-0.4, -0.2) is 45.0 Å². The topological polar surface area (TPSA) is 105 Å². The van der Waals surface area contributed by atoms with Crippen LogP contribution in [0.4, 0.5) is 16.3 Å². The Morgan fingerprint density at radius 1 is 1.15 bits per heavy atom. The van der Waals surface area contributed by atoms with Gasteiger partial charge in [0.2, 0.25) is 0 Å². The van der Waals surface area contributed by atoms with Crippen molar-refractivity contribution in [1.29, 1.82) is 0 Å². The van der Waals surface area contributed by atoms with Crippen molar-refractivity contribution in [2.24, 2.45) is 17.8 Å². The van der Waals surface area contributed by atoms with Gasteiger partial charge in [-0.1, -0.05) is 6.07 Å². The minimum absolute atomic E-state index is 0.123. The van der Waals surface area contributed by atoms with Gasteiger partial charge in [-0.2, -0.15) is 14.9 Å². The van der Waals surface area contributed by atoms with Gasteiger partial charge in [0.1, 0.15) is 0 Å². The molecule has 1 amide bonds. The number of H-pyrrole nitrogens is 1. The number of carbonyl (C=O) groups excluding carboxylic acids is 1. The molecule has 2 saturated carbocycles. The van der Waals surface area contributed by atoms with E-state index in [0.717, 1.165) is 21.8 Å². The fourth-order valence-corrected chi connectivity index (χ4v) is 7.01. The predicted molar refractivity (Wildman–Crippen MR) is 128 cm³/mol.